The third-order valence-corrected chi connectivity index (χ3v) is 1.07. The Morgan fingerprint density at radius 3 is 3.00 bits per heavy atom. The first kappa shape index (κ1) is 8.63. The van der Waals surface area contributed by atoms with Crippen molar-refractivity contribution in [3.05, 3.63) is 18.4 Å². The Kier molecular flexibility index (Phi) is 2.73. The number of nitrogens with one attached hydrogen (secondary N) is 1. The molecule has 6 heteroatoms. The highest BCUT2D eigenvalue weighted by molar-refractivity contribution is 5.90. The molecule has 0 saturated heterocycles. The molecule has 1 heterocycles. The van der Waals surface area contributed by atoms with Gasteiger partial charge >= 0.3 is 0 Å². The molecule has 0 aliphatic heterocycles. The van der Waals surface area contributed by atoms with E-state index in [4.69, 9.17) is 0 Å². The molecule has 1 N–H and O–H groups in total. The van der Waals surface area contributed by atoms with Gasteiger partial charge in [0.1, 0.15) is 0 Å². The van der Waals surface area contributed by atoms with E-state index in [1.165, 1.54) is 0 Å². The fourth-order valence-corrected chi connectivity index (χ4v) is 0.585. The van der Waals surface area contributed by atoms with E-state index >= 15 is 0 Å². The summed E-state index contributed by atoms with van der Waals surface area (Å²) in [6.45, 7) is -0.681. The van der Waals surface area contributed by atoms with Crippen LogP contribution in [-0.4, -0.2) is 23.9 Å². The Labute approximate surface area is 66.6 Å². The number of carbonyl (C=O) groups excluding carboxylic acids is 1. The minimum Gasteiger partial charge on any atom is -0.438 e. The Hall–Kier alpha value is -1.46. The standard InChI is InChI=1S/C6H6F2N2O2/c7-5(8)2-10-6(11)4-1-9-3-12-4/h1,3,5H,2H2,(H,10,11). The van der Waals surface area contributed by atoms with Crippen molar-refractivity contribution < 1.29 is 18.0 Å². The summed E-state index contributed by atoms with van der Waals surface area (Å²) in [5.74, 6) is -0.761. The molecular weight excluding hydrogens is 170 g/mol. The van der Waals surface area contributed by atoms with Crippen LogP contribution < -0.4 is 5.32 Å². The minimum absolute atomic E-state index is 0.0735. The summed E-state index contributed by atoms with van der Waals surface area (Å²) in [5, 5.41) is 1.96. The Bertz CT molecular complexity index is 248. The van der Waals surface area contributed by atoms with E-state index in [1.807, 2.05) is 5.32 Å². The summed E-state index contributed by atoms with van der Waals surface area (Å²) in [6, 6.07) is 0. The predicted octanol–water partition coefficient (Wildman–Crippen LogP) is 0.669. The number of oxazole rings is 1. The van der Waals surface area contributed by atoms with Gasteiger partial charge in [-0.05, 0) is 0 Å². The zero-order valence-electron chi connectivity index (χ0n) is 5.96. The van der Waals surface area contributed by atoms with Crippen LogP contribution in [0.1, 0.15) is 10.6 Å². The zero-order valence-corrected chi connectivity index (χ0v) is 5.96. The summed E-state index contributed by atoms with van der Waals surface area (Å²) in [4.78, 5) is 14.3. The second-order valence-electron chi connectivity index (χ2n) is 1.97. The van der Waals surface area contributed by atoms with Crippen molar-refractivity contribution in [2.75, 3.05) is 6.54 Å². The van der Waals surface area contributed by atoms with Crippen molar-refractivity contribution in [2.45, 2.75) is 6.43 Å². The van der Waals surface area contributed by atoms with Gasteiger partial charge in [-0.25, -0.2) is 13.8 Å². The third-order valence-electron chi connectivity index (χ3n) is 1.07. The zero-order chi connectivity index (χ0) is 8.97. The van der Waals surface area contributed by atoms with E-state index in [-0.39, 0.29) is 5.76 Å². The van der Waals surface area contributed by atoms with Crippen molar-refractivity contribution >= 4 is 5.91 Å². The number of hydrogen-bond donors (Lipinski definition) is 1. The summed E-state index contributed by atoms with van der Waals surface area (Å²) < 4.78 is 27.7. The van der Waals surface area contributed by atoms with Crippen molar-refractivity contribution in [1.29, 1.82) is 0 Å². The monoisotopic (exact) mass is 176 g/mol. The van der Waals surface area contributed by atoms with Gasteiger partial charge in [0.05, 0.1) is 12.7 Å². The summed E-state index contributed by atoms with van der Waals surface area (Å²) in [6.07, 6.45) is -0.352. The molecule has 0 aliphatic carbocycles. The summed E-state index contributed by atoms with van der Waals surface area (Å²) >= 11 is 0. The van der Waals surface area contributed by atoms with Gasteiger partial charge in [0.2, 0.25) is 5.76 Å². The Morgan fingerprint density at radius 2 is 2.50 bits per heavy atom. The van der Waals surface area contributed by atoms with E-state index in [2.05, 4.69) is 9.40 Å². The van der Waals surface area contributed by atoms with E-state index in [0.717, 1.165) is 12.6 Å². The van der Waals surface area contributed by atoms with Crippen molar-refractivity contribution in [3.8, 4) is 0 Å². The van der Waals surface area contributed by atoms with Crippen molar-refractivity contribution in [1.82, 2.24) is 10.3 Å². The van der Waals surface area contributed by atoms with Crippen LogP contribution in [-0.2, 0) is 0 Å². The number of rotatable bonds is 3. The van der Waals surface area contributed by atoms with Crippen LogP contribution in [0.25, 0.3) is 0 Å². The molecule has 66 valence electrons. The second kappa shape index (κ2) is 3.80. The lowest BCUT2D eigenvalue weighted by molar-refractivity contribution is 0.0865. The lowest BCUT2D eigenvalue weighted by atomic mass is 10.4. The first-order valence-corrected chi connectivity index (χ1v) is 3.15. The van der Waals surface area contributed by atoms with Gasteiger partial charge in [-0.1, -0.05) is 0 Å². The average molecular weight is 176 g/mol. The third kappa shape index (κ3) is 2.30. The maximum Gasteiger partial charge on any atom is 0.288 e. The highest BCUT2D eigenvalue weighted by Gasteiger charge is 2.10. The van der Waals surface area contributed by atoms with Crippen molar-refractivity contribution in [3.63, 3.8) is 0 Å². The summed E-state index contributed by atoms with van der Waals surface area (Å²) in [5.41, 5.74) is 0. The number of amides is 1. The van der Waals surface area contributed by atoms with Crippen LogP contribution in [0.2, 0.25) is 0 Å². The van der Waals surface area contributed by atoms with Gasteiger partial charge in [-0.2, -0.15) is 0 Å². The maximum absolute atomic E-state index is 11.6. The smallest absolute Gasteiger partial charge is 0.288 e. The molecule has 0 saturated carbocycles. The first-order valence-electron chi connectivity index (χ1n) is 3.15. The Balaban J connectivity index is 2.40. The number of hydrogen-bond acceptors (Lipinski definition) is 3. The number of carbonyl (C=O) groups is 1. The minimum atomic E-state index is -2.56. The average Bonchev–Trinajstić information content (AvgIpc) is 2.51. The van der Waals surface area contributed by atoms with E-state index in [0.29, 0.717) is 0 Å². The van der Waals surface area contributed by atoms with Gasteiger partial charge in [-0.3, -0.25) is 4.79 Å². The topological polar surface area (TPSA) is 55.1 Å². The maximum atomic E-state index is 11.6. The molecule has 0 aromatic carbocycles. The van der Waals surface area contributed by atoms with Gasteiger partial charge in [0.15, 0.2) is 6.39 Å². The molecule has 1 rings (SSSR count). The first-order chi connectivity index (χ1) is 5.70. The molecule has 0 spiro atoms. The lowest BCUT2D eigenvalue weighted by Gasteiger charge is -1.99. The highest BCUT2D eigenvalue weighted by Crippen LogP contribution is 1.96. The van der Waals surface area contributed by atoms with Gasteiger partial charge in [-0.15, -0.1) is 0 Å². The second-order valence-corrected chi connectivity index (χ2v) is 1.97. The van der Waals surface area contributed by atoms with Crippen LogP contribution in [0, 0.1) is 0 Å². The lowest BCUT2D eigenvalue weighted by Crippen LogP contribution is -2.28. The van der Waals surface area contributed by atoms with Crippen LogP contribution in [0.5, 0.6) is 0 Å². The Morgan fingerprint density at radius 1 is 1.75 bits per heavy atom. The predicted molar refractivity (Wildman–Crippen MR) is 34.8 cm³/mol. The van der Waals surface area contributed by atoms with E-state index < -0.39 is 18.9 Å². The van der Waals surface area contributed by atoms with Gasteiger partial charge < -0.3 is 9.73 Å². The van der Waals surface area contributed by atoms with Crippen LogP contribution in [0.3, 0.4) is 0 Å². The molecule has 1 aromatic rings. The van der Waals surface area contributed by atoms with Crippen LogP contribution >= 0.6 is 0 Å². The number of nitrogens with zero attached hydrogens (tertiary/aromatic N) is 1. The fourth-order valence-electron chi connectivity index (χ4n) is 0.585. The molecular formula is C6H6F2N2O2. The van der Waals surface area contributed by atoms with Gasteiger partial charge in [0.25, 0.3) is 12.3 Å². The molecule has 0 radical (unpaired) electrons. The van der Waals surface area contributed by atoms with E-state index in [9.17, 15) is 13.6 Å². The number of aromatic nitrogens is 1. The molecule has 1 aromatic heterocycles. The molecule has 0 fully saturated rings. The fraction of sp³-hybridized carbons (Fsp3) is 0.333. The molecule has 4 nitrogen and oxygen atoms in total. The number of alkyl halides is 2. The largest absolute Gasteiger partial charge is 0.438 e. The van der Waals surface area contributed by atoms with Crippen molar-refractivity contribution in [2.24, 2.45) is 0 Å². The SMILES string of the molecule is O=C(NCC(F)F)c1cnco1. The van der Waals surface area contributed by atoms with Gasteiger partial charge in [0, 0.05) is 0 Å². The molecule has 0 atom stereocenters. The van der Waals surface area contributed by atoms with Crippen LogP contribution in [0.15, 0.2) is 17.0 Å². The summed E-state index contributed by atoms with van der Waals surface area (Å²) in [7, 11) is 0. The number of halogens is 2. The van der Waals surface area contributed by atoms with E-state index in [1.54, 1.807) is 0 Å². The molecule has 1 amide bonds. The van der Waals surface area contributed by atoms with Crippen LogP contribution in [0.4, 0.5) is 8.78 Å². The molecule has 0 aliphatic rings. The molecule has 0 bridgehead atoms. The highest BCUT2D eigenvalue weighted by atomic mass is 19.3. The molecule has 0 unspecified atom stereocenters. The molecule has 12 heavy (non-hydrogen) atoms. The quantitative estimate of drug-likeness (QED) is 0.736. The normalized spacial score (nSPS) is 10.2.